The zero-order valence-electron chi connectivity index (χ0n) is 5.71. The van der Waals surface area contributed by atoms with Crippen LogP contribution in [0.4, 0.5) is 7.77 Å². The molecule has 10 heteroatoms. The van der Waals surface area contributed by atoms with Gasteiger partial charge in [-0.3, -0.25) is 0 Å². The molecule has 0 aliphatic carbocycles. The summed E-state index contributed by atoms with van der Waals surface area (Å²) in [5, 5.41) is 0. The number of halogens is 2. The normalized spacial score (nSPS) is 12.2. The van der Waals surface area contributed by atoms with Crippen LogP contribution >= 0.6 is 0 Å². The molecule has 0 aliphatic heterocycles. The van der Waals surface area contributed by atoms with Crippen molar-refractivity contribution in [3.05, 3.63) is 0 Å². The average molecular weight is 221 g/mol. The largest absolute Gasteiger partial charge is 1.00 e. The summed E-state index contributed by atoms with van der Waals surface area (Å²) in [5.74, 6) is 0. The van der Waals surface area contributed by atoms with Gasteiger partial charge in [0.1, 0.15) is 0 Å². The summed E-state index contributed by atoms with van der Waals surface area (Å²) >= 11 is 0. The van der Waals surface area contributed by atoms with E-state index in [-0.39, 0.29) is 56.9 Å². The molecule has 0 radical (unpaired) electrons. The van der Waals surface area contributed by atoms with Crippen molar-refractivity contribution in [2.45, 2.75) is 0 Å². The molecule has 0 bridgehead atoms. The Balaban J connectivity index is -0.000000320. The fourth-order valence-electron chi connectivity index (χ4n) is 0.119. The van der Waals surface area contributed by atoms with Gasteiger partial charge in [0.2, 0.25) is 0 Å². The molecule has 0 heterocycles. The van der Waals surface area contributed by atoms with Crippen molar-refractivity contribution in [1.82, 2.24) is 4.13 Å². The fourth-order valence-corrected chi connectivity index (χ4v) is 1.07. The zero-order valence-corrected chi connectivity index (χ0v) is 9.46. The van der Waals surface area contributed by atoms with Gasteiger partial charge in [-0.15, -0.1) is 0 Å². The number of rotatable bonds is 2. The van der Waals surface area contributed by atoms with Gasteiger partial charge < -0.3 is 1.43 Å². The summed E-state index contributed by atoms with van der Waals surface area (Å²) < 4.78 is 59.3. The molecular formula is H2F2KNO4S2. The van der Waals surface area contributed by atoms with E-state index in [1.807, 2.05) is 0 Å². The summed E-state index contributed by atoms with van der Waals surface area (Å²) in [4.78, 5) is 0. The second kappa shape index (κ2) is 4.40. The number of hydrogen-bond donors (Lipinski definition) is 1. The Bertz CT molecular complexity index is 251. The van der Waals surface area contributed by atoms with Gasteiger partial charge >= 0.3 is 72.2 Å². The van der Waals surface area contributed by atoms with Crippen molar-refractivity contribution >= 4 is 20.8 Å². The molecule has 0 rings (SSSR count). The van der Waals surface area contributed by atoms with E-state index in [0.717, 1.165) is 0 Å². The van der Waals surface area contributed by atoms with E-state index >= 15 is 0 Å². The molecule has 0 aromatic rings. The maximum atomic E-state index is 11.1. The fraction of sp³-hybridized carbons (Fsp3) is 0. The predicted molar refractivity (Wildman–Crippen MR) is 24.3 cm³/mol. The van der Waals surface area contributed by atoms with Crippen molar-refractivity contribution in [3.63, 3.8) is 0 Å². The standard InChI is InChI=1S/F2HNO4S2.K.H/c1-8(4,5)3-9(2,6)7;;/h3H;;/q;+1;-1. The summed E-state index contributed by atoms with van der Waals surface area (Å²) in [6, 6.07) is 0. The molecule has 0 spiro atoms. The van der Waals surface area contributed by atoms with E-state index in [1.165, 1.54) is 0 Å². The summed E-state index contributed by atoms with van der Waals surface area (Å²) in [6.07, 6.45) is 0. The third-order valence-corrected chi connectivity index (χ3v) is 1.79. The molecule has 0 fully saturated rings. The van der Waals surface area contributed by atoms with Crippen molar-refractivity contribution in [2.24, 2.45) is 0 Å². The maximum absolute atomic E-state index is 11.1. The summed E-state index contributed by atoms with van der Waals surface area (Å²) in [5.41, 5.74) is 0. The molecule has 58 valence electrons. The van der Waals surface area contributed by atoms with E-state index in [2.05, 4.69) is 0 Å². The molecule has 1 N–H and O–H groups in total. The van der Waals surface area contributed by atoms with Crippen LogP contribution in [0.1, 0.15) is 1.43 Å². The molecule has 0 amide bonds. The van der Waals surface area contributed by atoms with Crippen LogP contribution in [0, 0.1) is 0 Å². The van der Waals surface area contributed by atoms with Gasteiger partial charge in [0.15, 0.2) is 0 Å². The van der Waals surface area contributed by atoms with E-state index in [0.29, 0.717) is 0 Å². The van der Waals surface area contributed by atoms with Crippen LogP contribution in [0.3, 0.4) is 0 Å². The van der Waals surface area contributed by atoms with Gasteiger partial charge in [-0.05, 0) is 0 Å². The van der Waals surface area contributed by atoms with Crippen LogP contribution in [0.2, 0.25) is 0 Å². The number of nitrogens with one attached hydrogen (secondary N) is 1. The molecule has 0 aromatic heterocycles. The molecule has 5 nitrogen and oxygen atoms in total. The van der Waals surface area contributed by atoms with Gasteiger partial charge in [0, 0.05) is 0 Å². The van der Waals surface area contributed by atoms with Gasteiger partial charge in [-0.1, -0.05) is 11.9 Å². The molecule has 0 saturated heterocycles. The Kier molecular flexibility index (Phi) is 6.12. The predicted octanol–water partition coefficient (Wildman–Crippen LogP) is -3.88. The van der Waals surface area contributed by atoms with Crippen molar-refractivity contribution < 1.29 is 77.4 Å². The van der Waals surface area contributed by atoms with Gasteiger partial charge in [-0.25, -0.2) is 0 Å². The van der Waals surface area contributed by atoms with Crippen molar-refractivity contribution in [3.8, 4) is 0 Å². The Morgan fingerprint density at radius 3 is 1.20 bits per heavy atom. The Morgan fingerprint density at radius 2 is 1.20 bits per heavy atom. The third kappa shape index (κ3) is 12.1. The van der Waals surface area contributed by atoms with Crippen molar-refractivity contribution in [1.29, 1.82) is 0 Å². The summed E-state index contributed by atoms with van der Waals surface area (Å²) in [6.45, 7) is 0. The smallest absolute Gasteiger partial charge is 1.00 e. The second-order valence-electron chi connectivity index (χ2n) is 0.959. The summed E-state index contributed by atoms with van der Waals surface area (Å²) in [7, 11) is -11.0. The minimum Gasteiger partial charge on any atom is -1.00 e. The SMILES string of the molecule is O=S(=O)(F)NS(=O)(=O)F.[H-].[K+]. The zero-order chi connectivity index (χ0) is 7.71. The van der Waals surface area contributed by atoms with Crippen LogP contribution in [-0.4, -0.2) is 16.8 Å². The van der Waals surface area contributed by atoms with Gasteiger partial charge in [-0.2, -0.15) is 16.8 Å². The molecule has 10 heavy (non-hydrogen) atoms. The first kappa shape index (κ1) is 13.9. The van der Waals surface area contributed by atoms with Gasteiger partial charge in [0.25, 0.3) is 0 Å². The Hall–Kier alpha value is 1.36. The maximum Gasteiger partial charge on any atom is 1.00 e. The number of hydrogen-bond acceptors (Lipinski definition) is 4. The first-order chi connectivity index (χ1) is 3.71. The topological polar surface area (TPSA) is 80.3 Å². The Morgan fingerprint density at radius 1 is 1.00 bits per heavy atom. The van der Waals surface area contributed by atoms with Gasteiger partial charge in [0.05, 0.1) is 0 Å². The van der Waals surface area contributed by atoms with E-state index in [9.17, 15) is 24.6 Å². The van der Waals surface area contributed by atoms with Crippen molar-refractivity contribution in [2.75, 3.05) is 0 Å². The molecule has 0 unspecified atom stereocenters. The van der Waals surface area contributed by atoms with Crippen LogP contribution in [0.15, 0.2) is 0 Å². The molecule has 0 aliphatic rings. The third-order valence-electron chi connectivity index (χ3n) is 0.199. The van der Waals surface area contributed by atoms with E-state index < -0.39 is 20.8 Å². The minimum absolute atomic E-state index is 0. The first-order valence-electron chi connectivity index (χ1n) is 1.38. The average Bonchev–Trinajstić information content (AvgIpc) is 1.14. The molecule has 0 aromatic carbocycles. The van der Waals surface area contributed by atoms with Crippen LogP contribution in [0.5, 0.6) is 0 Å². The molecular weight excluding hydrogens is 219 g/mol. The molecule has 0 saturated carbocycles. The second-order valence-corrected chi connectivity index (χ2v) is 3.38. The Labute approximate surface area is 101 Å². The first-order valence-corrected chi connectivity index (χ1v) is 4.15. The van der Waals surface area contributed by atoms with Crippen LogP contribution in [-0.2, 0) is 20.8 Å². The van der Waals surface area contributed by atoms with Crippen LogP contribution in [0.25, 0.3) is 0 Å². The van der Waals surface area contributed by atoms with Crippen LogP contribution < -0.4 is 55.5 Å². The van der Waals surface area contributed by atoms with E-state index in [4.69, 9.17) is 0 Å². The van der Waals surface area contributed by atoms with E-state index in [1.54, 1.807) is 0 Å². The quantitative estimate of drug-likeness (QED) is 0.382. The minimum atomic E-state index is -5.49. The monoisotopic (exact) mass is 221 g/mol. The molecule has 0 atom stereocenters.